The van der Waals surface area contributed by atoms with Crippen molar-refractivity contribution >= 4 is 17.6 Å². The maximum absolute atomic E-state index is 14.5. The van der Waals surface area contributed by atoms with Crippen LogP contribution in [-0.4, -0.2) is 49.6 Å². The molecule has 6 nitrogen and oxygen atoms in total. The van der Waals surface area contributed by atoms with Gasteiger partial charge in [0.1, 0.15) is 17.2 Å². The van der Waals surface area contributed by atoms with E-state index in [-0.39, 0.29) is 5.91 Å². The average Bonchev–Trinajstić information content (AvgIpc) is 2.92. The number of benzene rings is 3. The van der Waals surface area contributed by atoms with E-state index in [4.69, 9.17) is 9.47 Å². The van der Waals surface area contributed by atoms with Crippen LogP contribution >= 0.6 is 0 Å². The number of ether oxygens (including phenoxy) is 2. The van der Waals surface area contributed by atoms with Crippen LogP contribution in [0.15, 0.2) is 84.9 Å². The van der Waals surface area contributed by atoms with Gasteiger partial charge < -0.3 is 14.4 Å². The molecule has 0 bridgehead atoms. The third-order valence-electron chi connectivity index (χ3n) is 7.00. The number of likely N-dealkylation sites (N-methyl/N-ethyl adjacent to an activating group) is 1. The molecule has 1 amide bonds. The van der Waals surface area contributed by atoms with E-state index >= 15 is 0 Å². The second-order valence-electron chi connectivity index (χ2n) is 8.55. The van der Waals surface area contributed by atoms with Crippen LogP contribution in [-0.2, 0) is 14.3 Å². The first-order valence-corrected chi connectivity index (χ1v) is 11.9. The highest BCUT2D eigenvalue weighted by Crippen LogP contribution is 2.56. The summed E-state index contributed by atoms with van der Waals surface area (Å²) in [4.78, 5) is 31.9. The summed E-state index contributed by atoms with van der Waals surface area (Å²) >= 11 is 0. The molecule has 182 valence electrons. The van der Waals surface area contributed by atoms with Crippen LogP contribution in [0.3, 0.4) is 0 Å². The van der Waals surface area contributed by atoms with Gasteiger partial charge in [0, 0.05) is 5.69 Å². The van der Waals surface area contributed by atoms with Crippen molar-refractivity contribution in [3.63, 3.8) is 0 Å². The van der Waals surface area contributed by atoms with Crippen LogP contribution in [0.25, 0.3) is 0 Å². The Hall–Kier alpha value is -3.64. The minimum Gasteiger partial charge on any atom is -0.497 e. The Labute approximate surface area is 207 Å². The molecule has 0 N–H and O–H groups in total. The number of carbonyl (C=O) groups is 2. The van der Waals surface area contributed by atoms with Crippen molar-refractivity contribution in [1.29, 1.82) is 0 Å². The standard InChI is InChI=1S/C29H32N2O4/c1-5-30(6-2)29(25(27(32)35-4)21-13-9-7-10-14-21)26(22-15-11-8-12-16-22)31(28(29)33)23-17-19-24(34-3)20-18-23/h7-20,25-26H,5-6H2,1-4H3. The van der Waals surface area contributed by atoms with E-state index < -0.39 is 23.5 Å². The number of hydrogen-bond acceptors (Lipinski definition) is 5. The first-order chi connectivity index (χ1) is 17.0. The highest BCUT2D eigenvalue weighted by Gasteiger charge is 2.70. The zero-order chi connectivity index (χ0) is 25.0. The van der Waals surface area contributed by atoms with E-state index in [9.17, 15) is 9.59 Å². The van der Waals surface area contributed by atoms with Gasteiger partial charge in [0.15, 0.2) is 0 Å². The summed E-state index contributed by atoms with van der Waals surface area (Å²) in [6.07, 6.45) is 0. The predicted molar refractivity (Wildman–Crippen MR) is 137 cm³/mol. The Morgan fingerprint density at radius 3 is 2.00 bits per heavy atom. The molecule has 3 unspecified atom stereocenters. The van der Waals surface area contributed by atoms with Crippen molar-refractivity contribution in [3.8, 4) is 5.75 Å². The van der Waals surface area contributed by atoms with Gasteiger partial charge in [0.05, 0.1) is 20.3 Å². The van der Waals surface area contributed by atoms with Crippen molar-refractivity contribution in [2.24, 2.45) is 0 Å². The summed E-state index contributed by atoms with van der Waals surface area (Å²) in [5.74, 6) is -0.642. The molecule has 4 rings (SSSR count). The minimum absolute atomic E-state index is 0.125. The minimum atomic E-state index is -1.15. The number of β-lactam (4-membered cyclic amide) rings is 1. The van der Waals surface area contributed by atoms with E-state index in [0.29, 0.717) is 18.8 Å². The van der Waals surface area contributed by atoms with E-state index in [1.165, 1.54) is 7.11 Å². The topological polar surface area (TPSA) is 59.1 Å². The lowest BCUT2D eigenvalue weighted by Gasteiger charge is -2.62. The molecule has 1 heterocycles. The first-order valence-electron chi connectivity index (χ1n) is 11.9. The Morgan fingerprint density at radius 2 is 1.49 bits per heavy atom. The van der Waals surface area contributed by atoms with Crippen LogP contribution < -0.4 is 9.64 Å². The van der Waals surface area contributed by atoms with Gasteiger partial charge in [-0.15, -0.1) is 0 Å². The number of amides is 1. The molecule has 3 aromatic rings. The molecule has 0 aliphatic carbocycles. The van der Waals surface area contributed by atoms with E-state index in [1.807, 2.05) is 98.8 Å². The maximum Gasteiger partial charge on any atom is 0.315 e. The molecular formula is C29H32N2O4. The van der Waals surface area contributed by atoms with Crippen LogP contribution in [0.1, 0.15) is 36.9 Å². The fourth-order valence-electron chi connectivity index (χ4n) is 5.46. The van der Waals surface area contributed by atoms with Crippen molar-refractivity contribution in [2.75, 3.05) is 32.2 Å². The molecule has 0 spiro atoms. The normalized spacial score (nSPS) is 20.3. The van der Waals surface area contributed by atoms with Crippen molar-refractivity contribution in [3.05, 3.63) is 96.1 Å². The maximum atomic E-state index is 14.5. The van der Waals surface area contributed by atoms with Gasteiger partial charge in [0.25, 0.3) is 5.91 Å². The lowest BCUT2D eigenvalue weighted by molar-refractivity contribution is -0.161. The van der Waals surface area contributed by atoms with E-state index in [0.717, 1.165) is 16.8 Å². The summed E-state index contributed by atoms with van der Waals surface area (Å²) in [5.41, 5.74) is 1.32. The third kappa shape index (κ3) is 3.98. The highest BCUT2D eigenvalue weighted by molar-refractivity contribution is 6.13. The van der Waals surface area contributed by atoms with Crippen LogP contribution in [0, 0.1) is 0 Å². The first kappa shape index (κ1) is 24.5. The van der Waals surface area contributed by atoms with Crippen LogP contribution in [0.4, 0.5) is 5.69 Å². The molecule has 0 aromatic heterocycles. The molecule has 0 radical (unpaired) electrons. The molecule has 1 saturated heterocycles. The number of carbonyl (C=O) groups excluding carboxylic acids is 2. The number of anilines is 1. The largest absolute Gasteiger partial charge is 0.497 e. The van der Waals surface area contributed by atoms with E-state index in [1.54, 1.807) is 12.0 Å². The molecule has 1 fully saturated rings. The second-order valence-corrected chi connectivity index (χ2v) is 8.55. The van der Waals surface area contributed by atoms with Gasteiger partial charge in [-0.3, -0.25) is 14.5 Å². The zero-order valence-corrected chi connectivity index (χ0v) is 20.7. The zero-order valence-electron chi connectivity index (χ0n) is 20.7. The Bertz CT molecular complexity index is 1150. The summed E-state index contributed by atoms with van der Waals surface area (Å²) < 4.78 is 10.7. The summed E-state index contributed by atoms with van der Waals surface area (Å²) in [6, 6.07) is 26.5. The molecular weight excluding hydrogens is 440 g/mol. The monoisotopic (exact) mass is 472 g/mol. The van der Waals surface area contributed by atoms with Crippen LogP contribution in [0.5, 0.6) is 5.75 Å². The molecule has 6 heteroatoms. The lowest BCUT2D eigenvalue weighted by Crippen LogP contribution is -2.78. The lowest BCUT2D eigenvalue weighted by atomic mass is 9.63. The van der Waals surface area contributed by atoms with Crippen LogP contribution in [0.2, 0.25) is 0 Å². The smallest absolute Gasteiger partial charge is 0.315 e. The fourth-order valence-corrected chi connectivity index (χ4v) is 5.46. The van der Waals surface area contributed by atoms with Gasteiger partial charge in [0.2, 0.25) is 0 Å². The molecule has 3 aromatic carbocycles. The van der Waals surface area contributed by atoms with Crippen molar-refractivity contribution < 1.29 is 19.1 Å². The second kappa shape index (κ2) is 10.3. The van der Waals surface area contributed by atoms with Gasteiger partial charge in [-0.05, 0) is 48.5 Å². The average molecular weight is 473 g/mol. The fraction of sp³-hybridized carbons (Fsp3) is 0.310. The predicted octanol–water partition coefficient (Wildman–Crippen LogP) is 4.82. The Kier molecular flexibility index (Phi) is 7.22. The summed E-state index contributed by atoms with van der Waals surface area (Å²) in [5, 5.41) is 0. The highest BCUT2D eigenvalue weighted by atomic mass is 16.5. The van der Waals surface area contributed by atoms with Crippen molar-refractivity contribution in [1.82, 2.24) is 4.90 Å². The van der Waals surface area contributed by atoms with Crippen molar-refractivity contribution in [2.45, 2.75) is 31.3 Å². The van der Waals surface area contributed by atoms with E-state index in [2.05, 4.69) is 4.90 Å². The third-order valence-corrected chi connectivity index (χ3v) is 7.00. The number of rotatable bonds is 9. The molecule has 1 aliphatic heterocycles. The summed E-state index contributed by atoms with van der Waals surface area (Å²) in [7, 11) is 3.00. The van der Waals surface area contributed by atoms with Gasteiger partial charge in [-0.2, -0.15) is 0 Å². The molecule has 35 heavy (non-hydrogen) atoms. The molecule has 1 aliphatic rings. The summed E-state index contributed by atoms with van der Waals surface area (Å²) in [6.45, 7) is 5.25. The number of methoxy groups -OCH3 is 2. The number of nitrogens with zero attached hydrogens (tertiary/aromatic N) is 2. The van der Waals surface area contributed by atoms with Gasteiger partial charge in [-0.25, -0.2) is 0 Å². The Balaban J connectivity index is 1.98. The number of hydrogen-bond donors (Lipinski definition) is 0. The SMILES string of the molecule is CCN(CC)C1(C(C(=O)OC)c2ccccc2)C(=O)N(c2ccc(OC)cc2)C1c1ccccc1. The molecule has 3 atom stereocenters. The van der Waals surface area contributed by atoms with Gasteiger partial charge >= 0.3 is 5.97 Å². The molecule has 0 saturated carbocycles. The van der Waals surface area contributed by atoms with Gasteiger partial charge in [-0.1, -0.05) is 74.5 Å². The Morgan fingerprint density at radius 1 is 0.914 bits per heavy atom. The number of esters is 1. The quantitative estimate of drug-likeness (QED) is 0.330.